The van der Waals surface area contributed by atoms with Crippen molar-refractivity contribution in [1.82, 2.24) is 19.4 Å². The summed E-state index contributed by atoms with van der Waals surface area (Å²) in [7, 11) is 1.03. The minimum atomic E-state index is -3.11. The van der Waals surface area contributed by atoms with Crippen molar-refractivity contribution >= 4 is 10.0 Å². The fraction of sp³-hybridized carbons (Fsp3) is 1.00. The van der Waals surface area contributed by atoms with E-state index >= 15 is 0 Å². The summed E-state index contributed by atoms with van der Waals surface area (Å²) < 4.78 is 26.9. The Morgan fingerprint density at radius 2 is 1.90 bits per heavy atom. The molecule has 1 atom stereocenters. The van der Waals surface area contributed by atoms with Crippen LogP contribution in [-0.2, 0) is 10.0 Å². The van der Waals surface area contributed by atoms with Gasteiger partial charge in [-0.2, -0.15) is 4.31 Å². The highest BCUT2D eigenvalue weighted by Gasteiger charge is 2.34. The Morgan fingerprint density at radius 3 is 2.45 bits per heavy atom. The van der Waals surface area contributed by atoms with Gasteiger partial charge in [0.1, 0.15) is 0 Å². The molecule has 2 heterocycles. The number of piperazine rings is 1. The molecule has 0 amide bonds. The Labute approximate surface area is 123 Å². The highest BCUT2D eigenvalue weighted by Crippen LogP contribution is 2.18. The normalized spacial score (nSPS) is 27.1. The van der Waals surface area contributed by atoms with Crippen LogP contribution in [0.5, 0.6) is 0 Å². The van der Waals surface area contributed by atoms with Gasteiger partial charge in [0.15, 0.2) is 0 Å². The molecule has 2 saturated heterocycles. The summed E-state index contributed by atoms with van der Waals surface area (Å²) in [4.78, 5) is 4.52. The molecule has 0 bridgehead atoms. The first kappa shape index (κ1) is 16.2. The van der Waals surface area contributed by atoms with Gasteiger partial charge in [-0.25, -0.2) is 8.42 Å². The number of hydrogen-bond donors (Lipinski definition) is 1. The number of nitrogens with one attached hydrogen (secondary N) is 1. The first-order chi connectivity index (χ1) is 9.50. The van der Waals surface area contributed by atoms with Crippen LogP contribution in [0, 0.1) is 0 Å². The Kier molecular flexibility index (Phi) is 5.80. The summed E-state index contributed by atoms with van der Waals surface area (Å²) in [5.74, 6) is 0. The maximum Gasteiger partial charge on any atom is 0.218 e. The predicted molar refractivity (Wildman–Crippen MR) is 81.4 cm³/mol. The van der Waals surface area contributed by atoms with Gasteiger partial charge in [0.2, 0.25) is 10.0 Å². The van der Waals surface area contributed by atoms with Gasteiger partial charge in [0.25, 0.3) is 0 Å². The van der Waals surface area contributed by atoms with E-state index in [1.54, 1.807) is 4.31 Å². The van der Waals surface area contributed by atoms with Gasteiger partial charge >= 0.3 is 0 Å². The number of hydrogen-bond acceptors (Lipinski definition) is 5. The molecule has 2 aliphatic rings. The summed E-state index contributed by atoms with van der Waals surface area (Å²) in [5, 5.41) is 2.98. The molecule has 0 radical (unpaired) electrons. The van der Waals surface area contributed by atoms with E-state index in [1.165, 1.54) is 0 Å². The second-order valence-corrected chi connectivity index (χ2v) is 8.27. The van der Waals surface area contributed by atoms with Gasteiger partial charge < -0.3 is 10.2 Å². The molecular formula is C13H28N4O2S. The van der Waals surface area contributed by atoms with Crippen LogP contribution in [0.3, 0.4) is 0 Å². The quantitative estimate of drug-likeness (QED) is 0.724. The smallest absolute Gasteiger partial charge is 0.218 e. The van der Waals surface area contributed by atoms with Crippen LogP contribution in [0.25, 0.3) is 0 Å². The van der Waals surface area contributed by atoms with Crippen molar-refractivity contribution in [3.8, 4) is 0 Å². The molecule has 0 aromatic heterocycles. The zero-order valence-corrected chi connectivity index (χ0v) is 13.5. The van der Waals surface area contributed by atoms with E-state index in [9.17, 15) is 8.42 Å². The summed E-state index contributed by atoms with van der Waals surface area (Å²) in [5.41, 5.74) is 0. The lowest BCUT2D eigenvalue weighted by atomic mass is 10.2. The summed E-state index contributed by atoms with van der Waals surface area (Å²) in [6, 6.07) is 0. The lowest BCUT2D eigenvalue weighted by Crippen LogP contribution is -2.54. The molecule has 1 N–H and O–H groups in total. The van der Waals surface area contributed by atoms with Crippen LogP contribution in [0.1, 0.15) is 12.8 Å². The molecule has 0 aromatic rings. The number of nitrogens with zero attached hydrogens (tertiary/aromatic N) is 3. The number of sulfonamides is 1. The Balaban J connectivity index is 1.83. The maximum absolute atomic E-state index is 12.6. The molecule has 20 heavy (non-hydrogen) atoms. The molecule has 2 fully saturated rings. The van der Waals surface area contributed by atoms with Crippen molar-refractivity contribution in [1.29, 1.82) is 0 Å². The van der Waals surface area contributed by atoms with Gasteiger partial charge in [-0.1, -0.05) is 0 Å². The predicted octanol–water partition coefficient (Wildman–Crippen LogP) is -0.753. The average molecular weight is 304 g/mol. The van der Waals surface area contributed by atoms with Crippen molar-refractivity contribution in [3.05, 3.63) is 0 Å². The van der Waals surface area contributed by atoms with Crippen LogP contribution in [0.2, 0.25) is 0 Å². The topological polar surface area (TPSA) is 55.9 Å². The molecule has 7 heteroatoms. The molecule has 2 rings (SSSR count). The fourth-order valence-corrected chi connectivity index (χ4v) is 4.72. The fourth-order valence-electron chi connectivity index (χ4n) is 2.83. The third-order valence-electron chi connectivity index (χ3n) is 4.23. The van der Waals surface area contributed by atoms with Crippen LogP contribution in [-0.4, -0.2) is 94.2 Å². The minimum Gasteiger partial charge on any atom is -0.315 e. The van der Waals surface area contributed by atoms with Gasteiger partial charge in [-0.3, -0.25) is 4.90 Å². The van der Waals surface area contributed by atoms with Crippen LogP contribution in [0.4, 0.5) is 0 Å². The standard InChI is InChI=1S/C13H28N4O2S/c1-15(2)6-7-16-8-10-17(11-9-16)20(18,19)13-4-3-5-14-12-13/h13-14H,3-12H2,1-2H3. The van der Waals surface area contributed by atoms with Crippen molar-refractivity contribution in [2.24, 2.45) is 0 Å². The van der Waals surface area contributed by atoms with Crippen LogP contribution >= 0.6 is 0 Å². The monoisotopic (exact) mass is 304 g/mol. The molecule has 1 unspecified atom stereocenters. The molecule has 0 aliphatic carbocycles. The van der Waals surface area contributed by atoms with Gasteiger partial charge in [-0.15, -0.1) is 0 Å². The Hall–Kier alpha value is -0.210. The van der Waals surface area contributed by atoms with E-state index in [0.29, 0.717) is 19.6 Å². The lowest BCUT2D eigenvalue weighted by molar-refractivity contribution is 0.173. The highest BCUT2D eigenvalue weighted by molar-refractivity contribution is 7.89. The second kappa shape index (κ2) is 7.17. The number of likely N-dealkylation sites (N-methyl/N-ethyl adjacent to an activating group) is 1. The number of piperidine rings is 1. The summed E-state index contributed by atoms with van der Waals surface area (Å²) in [6.45, 7) is 6.61. The third kappa shape index (κ3) is 4.14. The minimum absolute atomic E-state index is 0.218. The Morgan fingerprint density at radius 1 is 1.20 bits per heavy atom. The maximum atomic E-state index is 12.6. The van der Waals surface area contributed by atoms with Crippen LogP contribution < -0.4 is 5.32 Å². The first-order valence-electron chi connectivity index (χ1n) is 7.57. The van der Waals surface area contributed by atoms with E-state index in [-0.39, 0.29) is 5.25 Å². The summed E-state index contributed by atoms with van der Waals surface area (Å²) in [6.07, 6.45) is 1.77. The van der Waals surface area contributed by atoms with Crippen molar-refractivity contribution in [2.75, 3.05) is 66.5 Å². The second-order valence-electron chi connectivity index (χ2n) is 6.06. The highest BCUT2D eigenvalue weighted by atomic mass is 32.2. The van der Waals surface area contributed by atoms with Crippen molar-refractivity contribution in [3.63, 3.8) is 0 Å². The molecule has 0 saturated carbocycles. The largest absolute Gasteiger partial charge is 0.315 e. The zero-order valence-electron chi connectivity index (χ0n) is 12.7. The molecule has 2 aliphatic heterocycles. The average Bonchev–Trinajstić information content (AvgIpc) is 2.46. The molecule has 0 aromatic carbocycles. The lowest BCUT2D eigenvalue weighted by Gasteiger charge is -2.37. The molecule has 0 spiro atoms. The van der Waals surface area contributed by atoms with Gasteiger partial charge in [0, 0.05) is 45.8 Å². The van der Waals surface area contributed by atoms with E-state index in [4.69, 9.17) is 0 Å². The zero-order chi connectivity index (χ0) is 14.6. The van der Waals surface area contributed by atoms with Gasteiger partial charge in [-0.05, 0) is 33.5 Å². The number of rotatable bonds is 5. The van der Waals surface area contributed by atoms with E-state index in [0.717, 1.165) is 45.6 Å². The van der Waals surface area contributed by atoms with E-state index < -0.39 is 10.0 Å². The van der Waals surface area contributed by atoms with Gasteiger partial charge in [0.05, 0.1) is 5.25 Å². The summed E-state index contributed by atoms with van der Waals surface area (Å²) >= 11 is 0. The van der Waals surface area contributed by atoms with Crippen LogP contribution in [0.15, 0.2) is 0 Å². The van der Waals surface area contributed by atoms with E-state index in [2.05, 4.69) is 29.2 Å². The third-order valence-corrected chi connectivity index (χ3v) is 6.56. The molecule has 118 valence electrons. The van der Waals surface area contributed by atoms with Crippen molar-refractivity contribution in [2.45, 2.75) is 18.1 Å². The Bertz CT molecular complexity index is 385. The van der Waals surface area contributed by atoms with Crippen molar-refractivity contribution < 1.29 is 8.42 Å². The SMILES string of the molecule is CN(C)CCN1CCN(S(=O)(=O)C2CCCNC2)CC1. The van der Waals surface area contributed by atoms with E-state index in [1.807, 2.05) is 0 Å². The molecule has 6 nitrogen and oxygen atoms in total. The first-order valence-corrected chi connectivity index (χ1v) is 9.07. The molecular weight excluding hydrogens is 276 g/mol.